The number of aliphatic carboxylic acids is 1. The van der Waals surface area contributed by atoms with Crippen LogP contribution in [-0.4, -0.2) is 35.8 Å². The van der Waals surface area contributed by atoms with Crippen molar-refractivity contribution in [3.8, 4) is 0 Å². The maximum absolute atomic E-state index is 12.5. The fraction of sp³-hybridized carbons (Fsp3) is 0.529. The van der Waals surface area contributed by atoms with E-state index in [0.717, 1.165) is 18.4 Å². The third kappa shape index (κ3) is 5.21. The number of carbonyl (C=O) groups excluding carboxylic acids is 1. The van der Waals surface area contributed by atoms with Gasteiger partial charge in [0.05, 0.1) is 0 Å². The molecule has 0 aliphatic rings. The molecule has 1 aromatic carbocycles. The molecule has 0 bridgehead atoms. The second-order valence-electron chi connectivity index (χ2n) is 5.89. The first kappa shape index (κ1) is 18.3. The molecule has 22 heavy (non-hydrogen) atoms. The first-order valence-electron chi connectivity index (χ1n) is 7.73. The lowest BCUT2D eigenvalue weighted by molar-refractivity contribution is -0.153. The summed E-state index contributed by atoms with van der Waals surface area (Å²) in [6.07, 6.45) is 2.05. The third-order valence-corrected chi connectivity index (χ3v) is 3.62. The second-order valence-corrected chi connectivity index (χ2v) is 5.89. The monoisotopic (exact) mass is 301 g/mol. The molecular formula is C17H24BNO3. The smallest absolute Gasteiger partial charge is 0.326 e. The minimum Gasteiger partial charge on any atom is -0.480 e. The molecule has 0 fully saturated rings. The zero-order valence-corrected chi connectivity index (χ0v) is 13.6. The quantitative estimate of drug-likeness (QED) is 0.748. The molecule has 5 heteroatoms. The molecule has 1 atom stereocenters. The zero-order chi connectivity index (χ0) is 16.7. The summed E-state index contributed by atoms with van der Waals surface area (Å²) in [5, 5.41) is 9.50. The van der Waals surface area contributed by atoms with E-state index in [1.807, 2.05) is 32.9 Å². The number of nitrogens with zero attached hydrogens (tertiary/aromatic N) is 1. The molecule has 0 unspecified atom stereocenters. The molecule has 2 radical (unpaired) electrons. The van der Waals surface area contributed by atoms with Gasteiger partial charge < -0.3 is 10.0 Å². The summed E-state index contributed by atoms with van der Waals surface area (Å²) >= 11 is 0. The lowest BCUT2D eigenvalue weighted by atomic mass is 9.95. The van der Waals surface area contributed by atoms with Crippen molar-refractivity contribution in [1.82, 2.24) is 4.90 Å². The average Bonchev–Trinajstić information content (AvgIpc) is 2.45. The van der Waals surface area contributed by atoms with E-state index in [2.05, 4.69) is 0 Å². The Balaban J connectivity index is 3.01. The summed E-state index contributed by atoms with van der Waals surface area (Å²) in [5.74, 6) is -1.23. The van der Waals surface area contributed by atoms with Crippen LogP contribution >= 0.6 is 0 Å². The van der Waals surface area contributed by atoms with Gasteiger partial charge >= 0.3 is 5.97 Å². The topological polar surface area (TPSA) is 57.6 Å². The Bertz CT molecular complexity index is 499. The van der Waals surface area contributed by atoms with Crippen molar-refractivity contribution in [2.45, 2.75) is 52.6 Å². The number of hydrogen-bond acceptors (Lipinski definition) is 2. The molecule has 0 saturated heterocycles. The van der Waals surface area contributed by atoms with E-state index in [4.69, 9.17) is 7.85 Å². The van der Waals surface area contributed by atoms with Crippen LogP contribution in [-0.2, 0) is 16.1 Å². The van der Waals surface area contributed by atoms with Gasteiger partial charge in [0.15, 0.2) is 0 Å². The summed E-state index contributed by atoms with van der Waals surface area (Å²) in [6.45, 7) is 5.94. The molecule has 1 rings (SSSR count). The number of rotatable bonds is 8. The molecule has 0 spiro atoms. The minimum absolute atomic E-state index is 0.111. The van der Waals surface area contributed by atoms with Crippen LogP contribution in [0.2, 0.25) is 0 Å². The fourth-order valence-corrected chi connectivity index (χ4v) is 2.41. The van der Waals surface area contributed by atoms with Crippen molar-refractivity contribution in [3.63, 3.8) is 0 Å². The molecule has 4 nitrogen and oxygen atoms in total. The predicted octanol–water partition coefficient (Wildman–Crippen LogP) is 2.11. The zero-order valence-electron chi connectivity index (χ0n) is 13.6. The predicted molar refractivity (Wildman–Crippen MR) is 88.2 cm³/mol. The molecule has 0 saturated carbocycles. The lowest BCUT2D eigenvalue weighted by Crippen LogP contribution is -2.47. The van der Waals surface area contributed by atoms with Gasteiger partial charge in [0.1, 0.15) is 13.9 Å². The van der Waals surface area contributed by atoms with Gasteiger partial charge in [-0.3, -0.25) is 4.79 Å². The van der Waals surface area contributed by atoms with Crippen molar-refractivity contribution < 1.29 is 14.7 Å². The SMILES string of the molecule is [B]c1ccc(CN(C(=O)CCCC)[C@H](C(=O)O)C(C)C)cc1. The summed E-state index contributed by atoms with van der Waals surface area (Å²) in [5.41, 5.74) is 1.53. The van der Waals surface area contributed by atoms with Crippen molar-refractivity contribution in [2.75, 3.05) is 0 Å². The summed E-state index contributed by atoms with van der Waals surface area (Å²) < 4.78 is 0. The van der Waals surface area contributed by atoms with Crippen LogP contribution in [0.4, 0.5) is 0 Å². The Morgan fingerprint density at radius 2 is 1.82 bits per heavy atom. The van der Waals surface area contributed by atoms with Crippen LogP contribution in [0.5, 0.6) is 0 Å². The molecule has 1 aromatic rings. The highest BCUT2D eigenvalue weighted by Crippen LogP contribution is 2.17. The Morgan fingerprint density at radius 3 is 2.27 bits per heavy atom. The third-order valence-electron chi connectivity index (χ3n) is 3.62. The van der Waals surface area contributed by atoms with E-state index in [1.54, 1.807) is 12.1 Å². The van der Waals surface area contributed by atoms with Gasteiger partial charge in [-0.2, -0.15) is 0 Å². The van der Waals surface area contributed by atoms with Gasteiger partial charge in [0.25, 0.3) is 0 Å². The largest absolute Gasteiger partial charge is 0.480 e. The molecular weight excluding hydrogens is 277 g/mol. The first-order chi connectivity index (χ1) is 10.4. The van der Waals surface area contributed by atoms with Crippen LogP contribution in [0, 0.1) is 5.92 Å². The lowest BCUT2D eigenvalue weighted by Gasteiger charge is -2.32. The molecule has 1 N–H and O–H groups in total. The van der Waals surface area contributed by atoms with Crippen molar-refractivity contribution in [1.29, 1.82) is 0 Å². The summed E-state index contributed by atoms with van der Waals surface area (Å²) in [4.78, 5) is 25.5. The van der Waals surface area contributed by atoms with Crippen LogP contribution in [0.25, 0.3) is 0 Å². The highest BCUT2D eigenvalue weighted by Gasteiger charge is 2.31. The number of benzene rings is 1. The van der Waals surface area contributed by atoms with Gasteiger partial charge in [0.2, 0.25) is 5.91 Å². The number of carbonyl (C=O) groups is 2. The number of unbranched alkanes of at least 4 members (excludes halogenated alkanes) is 1. The molecule has 0 aliphatic carbocycles. The molecule has 118 valence electrons. The average molecular weight is 301 g/mol. The van der Waals surface area contributed by atoms with Crippen molar-refractivity contribution in [2.24, 2.45) is 5.92 Å². The Kier molecular flexibility index (Phi) is 7.16. The van der Waals surface area contributed by atoms with Crippen molar-refractivity contribution in [3.05, 3.63) is 29.8 Å². The summed E-state index contributed by atoms with van der Waals surface area (Å²) in [6, 6.07) is 6.36. The molecule has 1 amide bonds. The van der Waals surface area contributed by atoms with Crippen LogP contribution in [0.3, 0.4) is 0 Å². The van der Waals surface area contributed by atoms with Crippen LogP contribution in [0.15, 0.2) is 24.3 Å². The fourth-order valence-electron chi connectivity index (χ4n) is 2.41. The van der Waals surface area contributed by atoms with E-state index in [1.165, 1.54) is 4.90 Å². The van der Waals surface area contributed by atoms with Crippen molar-refractivity contribution >= 4 is 25.2 Å². The summed E-state index contributed by atoms with van der Waals surface area (Å²) in [7, 11) is 5.66. The van der Waals surface area contributed by atoms with Gasteiger partial charge in [-0.1, -0.05) is 56.9 Å². The normalized spacial score (nSPS) is 12.2. The number of amides is 1. The van der Waals surface area contributed by atoms with Gasteiger partial charge in [-0.15, -0.1) is 0 Å². The molecule has 0 aromatic heterocycles. The Hall–Kier alpha value is -1.78. The van der Waals surface area contributed by atoms with Crippen LogP contribution in [0.1, 0.15) is 45.6 Å². The number of hydrogen-bond donors (Lipinski definition) is 1. The highest BCUT2D eigenvalue weighted by molar-refractivity contribution is 6.32. The molecule has 0 heterocycles. The maximum Gasteiger partial charge on any atom is 0.326 e. The van der Waals surface area contributed by atoms with Gasteiger partial charge in [-0.05, 0) is 17.9 Å². The van der Waals surface area contributed by atoms with E-state index in [0.29, 0.717) is 11.9 Å². The van der Waals surface area contributed by atoms with Gasteiger partial charge in [-0.25, -0.2) is 4.79 Å². The van der Waals surface area contributed by atoms with E-state index in [9.17, 15) is 14.7 Å². The molecule has 0 aliphatic heterocycles. The first-order valence-corrected chi connectivity index (χ1v) is 7.73. The minimum atomic E-state index is -0.963. The van der Waals surface area contributed by atoms with E-state index < -0.39 is 12.0 Å². The number of carboxylic acid groups (broad SMARTS) is 1. The Labute approximate surface area is 133 Å². The van der Waals surface area contributed by atoms with E-state index in [-0.39, 0.29) is 18.4 Å². The van der Waals surface area contributed by atoms with E-state index >= 15 is 0 Å². The standard InChI is InChI=1S/C17H24BNO3/c1-4-5-6-15(20)19(16(12(2)3)17(21)22)11-13-7-9-14(18)10-8-13/h7-10,12,16H,4-6,11H2,1-3H3,(H,21,22)/t16-/m0/s1. The Morgan fingerprint density at radius 1 is 1.23 bits per heavy atom. The second kappa shape index (κ2) is 8.62. The van der Waals surface area contributed by atoms with Crippen LogP contribution < -0.4 is 5.46 Å². The van der Waals surface area contributed by atoms with Gasteiger partial charge in [0, 0.05) is 13.0 Å². The maximum atomic E-state index is 12.5. The highest BCUT2D eigenvalue weighted by atomic mass is 16.4. The number of carboxylic acids is 1.